The van der Waals surface area contributed by atoms with E-state index in [0.29, 0.717) is 17.9 Å². The first kappa shape index (κ1) is 21.8. The molecule has 0 saturated heterocycles. The van der Waals surface area contributed by atoms with Gasteiger partial charge in [0.25, 0.3) is 5.91 Å². The highest BCUT2D eigenvalue weighted by molar-refractivity contribution is 6.30. The van der Waals surface area contributed by atoms with Gasteiger partial charge in [-0.1, -0.05) is 31.4 Å². The molecule has 3 aromatic rings. The Bertz CT molecular complexity index is 1140. The quantitative estimate of drug-likeness (QED) is 0.570. The van der Waals surface area contributed by atoms with E-state index >= 15 is 0 Å². The number of nitrogens with zero attached hydrogens (tertiary/aromatic N) is 1. The number of benzene rings is 2. The highest BCUT2D eigenvalue weighted by atomic mass is 35.5. The van der Waals surface area contributed by atoms with Gasteiger partial charge in [0.15, 0.2) is 17.4 Å². The molecule has 1 heterocycles. The molecule has 0 aliphatic carbocycles. The molecule has 0 fully saturated rings. The number of phenolic OH excluding ortho intramolecular Hbond substituents is 1. The minimum atomic E-state index is -1.23. The number of carbonyl (C=O) groups excluding carboxylic acids is 2. The lowest BCUT2D eigenvalue weighted by molar-refractivity contribution is -0.119. The number of hydrogen-bond acceptors (Lipinski definition) is 3. The molecule has 0 saturated carbocycles. The zero-order chi connectivity index (χ0) is 22.2. The largest absolute Gasteiger partial charge is 0.503 e. The zero-order valence-electron chi connectivity index (χ0n) is 16.5. The summed E-state index contributed by atoms with van der Waals surface area (Å²) in [6.07, 6.45) is 1.74. The molecule has 158 valence electrons. The van der Waals surface area contributed by atoms with Crippen molar-refractivity contribution in [3.8, 4) is 5.75 Å². The van der Waals surface area contributed by atoms with Gasteiger partial charge >= 0.3 is 0 Å². The van der Waals surface area contributed by atoms with Crippen LogP contribution in [0.25, 0.3) is 10.9 Å². The van der Waals surface area contributed by atoms with E-state index in [1.54, 1.807) is 6.92 Å². The predicted molar refractivity (Wildman–Crippen MR) is 111 cm³/mol. The molecular formula is C22H21ClF2N2O3. The summed E-state index contributed by atoms with van der Waals surface area (Å²) in [5.41, 5.74) is 6.19. The zero-order valence-corrected chi connectivity index (χ0v) is 17.3. The number of amides is 1. The topological polar surface area (TPSA) is 85.3 Å². The lowest BCUT2D eigenvalue weighted by Gasteiger charge is -2.15. The Morgan fingerprint density at radius 3 is 2.43 bits per heavy atom. The van der Waals surface area contributed by atoms with E-state index in [-0.39, 0.29) is 27.7 Å². The number of carbonyl (C=O) groups is 2. The van der Waals surface area contributed by atoms with Gasteiger partial charge in [-0.3, -0.25) is 14.2 Å². The van der Waals surface area contributed by atoms with Crippen molar-refractivity contribution in [2.24, 2.45) is 5.73 Å². The SMILES string of the molecule is CCCCC(C(N)=O)c1c(C)n(C(=O)c2ccc(Cl)cc2)c2cc(F)c(O)c(F)c12. The van der Waals surface area contributed by atoms with E-state index in [2.05, 4.69) is 0 Å². The molecule has 1 aromatic heterocycles. The average Bonchev–Trinajstić information content (AvgIpc) is 2.98. The molecule has 0 aliphatic heterocycles. The van der Waals surface area contributed by atoms with Gasteiger partial charge in [0, 0.05) is 27.7 Å². The summed E-state index contributed by atoms with van der Waals surface area (Å²) < 4.78 is 30.3. The fraction of sp³-hybridized carbons (Fsp3) is 0.273. The van der Waals surface area contributed by atoms with Crippen molar-refractivity contribution in [2.45, 2.75) is 39.0 Å². The van der Waals surface area contributed by atoms with E-state index in [4.69, 9.17) is 17.3 Å². The van der Waals surface area contributed by atoms with Crippen molar-refractivity contribution in [3.63, 3.8) is 0 Å². The molecule has 0 radical (unpaired) electrons. The normalized spacial score (nSPS) is 12.3. The second-order valence-electron chi connectivity index (χ2n) is 7.16. The van der Waals surface area contributed by atoms with Gasteiger partial charge in [-0.2, -0.15) is 0 Å². The second-order valence-corrected chi connectivity index (χ2v) is 7.60. The number of nitrogens with two attached hydrogens (primary N) is 1. The number of primary amides is 1. The van der Waals surface area contributed by atoms with Gasteiger partial charge in [0.2, 0.25) is 5.91 Å². The molecule has 8 heteroatoms. The van der Waals surface area contributed by atoms with Crippen LogP contribution in [-0.2, 0) is 4.79 Å². The van der Waals surface area contributed by atoms with Crippen LogP contribution in [0.15, 0.2) is 30.3 Å². The molecular weight excluding hydrogens is 414 g/mol. The second kappa shape index (κ2) is 8.44. The molecule has 1 atom stereocenters. The van der Waals surface area contributed by atoms with E-state index in [0.717, 1.165) is 17.1 Å². The van der Waals surface area contributed by atoms with E-state index in [1.807, 2.05) is 6.92 Å². The summed E-state index contributed by atoms with van der Waals surface area (Å²) in [5.74, 6) is -5.74. The molecule has 3 N–H and O–H groups in total. The molecule has 5 nitrogen and oxygen atoms in total. The average molecular weight is 435 g/mol. The monoisotopic (exact) mass is 434 g/mol. The minimum Gasteiger partial charge on any atom is -0.503 e. The maximum atomic E-state index is 15.0. The van der Waals surface area contributed by atoms with Gasteiger partial charge in [-0.15, -0.1) is 0 Å². The van der Waals surface area contributed by atoms with Gasteiger partial charge in [-0.05, 0) is 43.2 Å². The fourth-order valence-electron chi connectivity index (χ4n) is 3.76. The van der Waals surface area contributed by atoms with Crippen LogP contribution in [0.1, 0.15) is 53.7 Å². The number of aromatic nitrogens is 1. The number of phenols is 1. The first-order valence-corrected chi connectivity index (χ1v) is 9.88. The van der Waals surface area contributed by atoms with E-state index < -0.39 is 35.1 Å². The molecule has 1 unspecified atom stereocenters. The molecule has 0 bridgehead atoms. The maximum absolute atomic E-state index is 15.0. The number of halogens is 3. The van der Waals surface area contributed by atoms with Crippen molar-refractivity contribution in [3.05, 3.63) is 63.8 Å². The van der Waals surface area contributed by atoms with Gasteiger partial charge < -0.3 is 10.8 Å². The third-order valence-corrected chi connectivity index (χ3v) is 5.49. The Labute approximate surface area is 177 Å². The molecule has 0 aliphatic rings. The Balaban J connectivity index is 2.35. The van der Waals surface area contributed by atoms with E-state index in [9.17, 15) is 23.5 Å². The maximum Gasteiger partial charge on any atom is 0.262 e. The molecule has 1 amide bonds. The van der Waals surface area contributed by atoms with Crippen molar-refractivity contribution in [2.75, 3.05) is 0 Å². The first-order valence-electron chi connectivity index (χ1n) is 9.50. The van der Waals surface area contributed by atoms with Gasteiger partial charge in [-0.25, -0.2) is 8.78 Å². The standard InChI is InChI=1S/C22H21ClF2N2O3/c1-3-4-5-14(21(26)29)17-11(2)27(22(30)12-6-8-13(23)9-7-12)16-10-15(24)20(28)19(25)18(16)17/h6-10,14,28H,3-5H2,1-2H3,(H2,26,29). The third-order valence-electron chi connectivity index (χ3n) is 5.24. The summed E-state index contributed by atoms with van der Waals surface area (Å²) in [4.78, 5) is 25.4. The highest BCUT2D eigenvalue weighted by Crippen LogP contribution is 2.40. The van der Waals surface area contributed by atoms with Crippen LogP contribution in [0.5, 0.6) is 5.75 Å². The lowest BCUT2D eigenvalue weighted by atomic mass is 9.90. The Hall–Kier alpha value is -2.93. The highest BCUT2D eigenvalue weighted by Gasteiger charge is 2.31. The number of rotatable bonds is 6. The van der Waals surface area contributed by atoms with Crippen LogP contribution in [0.2, 0.25) is 5.02 Å². The van der Waals surface area contributed by atoms with Crippen LogP contribution < -0.4 is 5.73 Å². The van der Waals surface area contributed by atoms with Gasteiger partial charge in [0.05, 0.1) is 11.4 Å². The Morgan fingerprint density at radius 2 is 1.87 bits per heavy atom. The fourth-order valence-corrected chi connectivity index (χ4v) is 3.88. The molecule has 2 aromatic carbocycles. The van der Waals surface area contributed by atoms with Crippen LogP contribution >= 0.6 is 11.6 Å². The number of aromatic hydroxyl groups is 1. The van der Waals surface area contributed by atoms with Crippen LogP contribution in [-0.4, -0.2) is 21.5 Å². The molecule has 30 heavy (non-hydrogen) atoms. The van der Waals surface area contributed by atoms with Crippen LogP contribution in [0, 0.1) is 18.6 Å². The summed E-state index contributed by atoms with van der Waals surface area (Å²) >= 11 is 5.88. The summed E-state index contributed by atoms with van der Waals surface area (Å²) in [6, 6.07) is 6.92. The molecule has 0 spiro atoms. The van der Waals surface area contributed by atoms with Gasteiger partial charge in [0.1, 0.15) is 0 Å². The van der Waals surface area contributed by atoms with Crippen molar-refractivity contribution in [1.82, 2.24) is 4.57 Å². The predicted octanol–water partition coefficient (Wildman–Crippen LogP) is 5.03. The van der Waals surface area contributed by atoms with E-state index in [1.165, 1.54) is 24.3 Å². The Morgan fingerprint density at radius 1 is 1.23 bits per heavy atom. The third kappa shape index (κ3) is 3.65. The summed E-state index contributed by atoms with van der Waals surface area (Å²) in [5, 5.41) is 10.1. The summed E-state index contributed by atoms with van der Waals surface area (Å²) in [7, 11) is 0. The van der Waals surface area contributed by atoms with Crippen LogP contribution in [0.3, 0.4) is 0 Å². The molecule has 3 rings (SSSR count). The van der Waals surface area contributed by atoms with Crippen molar-refractivity contribution >= 4 is 34.3 Å². The first-order chi connectivity index (χ1) is 14.2. The van der Waals surface area contributed by atoms with Crippen LogP contribution in [0.4, 0.5) is 8.78 Å². The number of unbranched alkanes of at least 4 members (excludes halogenated alkanes) is 1. The van der Waals surface area contributed by atoms with Crippen molar-refractivity contribution in [1.29, 1.82) is 0 Å². The summed E-state index contributed by atoms with van der Waals surface area (Å²) in [6.45, 7) is 3.47. The number of hydrogen-bond donors (Lipinski definition) is 2. The smallest absolute Gasteiger partial charge is 0.262 e. The lowest BCUT2D eigenvalue weighted by Crippen LogP contribution is -2.22. The minimum absolute atomic E-state index is 0.0852. The number of fused-ring (bicyclic) bond motifs is 1. The van der Waals surface area contributed by atoms with Crippen molar-refractivity contribution < 1.29 is 23.5 Å². The Kier molecular flexibility index (Phi) is 6.12.